The van der Waals surface area contributed by atoms with E-state index in [9.17, 15) is 26.7 Å². The number of aliphatic hydroxyl groups excluding tert-OH is 1. The largest absolute Gasteiger partial charge is 0.456 e. The molecule has 1 aliphatic carbocycles. The van der Waals surface area contributed by atoms with Crippen LogP contribution in [0.1, 0.15) is 37.7 Å². The SMILES string of the molecule is O=CN1CCC(NSC(F)(F)F)C1Cc1cccc(-c2cc(F)cc(F)c2)c1F.OC1CCCC1. The second-order valence-electron chi connectivity index (χ2n) is 8.55. The summed E-state index contributed by atoms with van der Waals surface area (Å²) < 4.78 is 81.9. The van der Waals surface area contributed by atoms with Crippen LogP contribution in [-0.2, 0) is 11.2 Å². The number of carbonyl (C=O) groups excluding carboxylic acids is 1. The molecule has 11 heteroatoms. The Hall–Kier alpha value is -2.24. The fraction of sp³-hybridized carbons (Fsp3) is 0.458. The van der Waals surface area contributed by atoms with Crippen molar-refractivity contribution in [1.82, 2.24) is 9.62 Å². The van der Waals surface area contributed by atoms with Crippen LogP contribution in [0, 0.1) is 17.5 Å². The Morgan fingerprint density at radius 2 is 1.71 bits per heavy atom. The molecule has 2 N–H and O–H groups in total. The molecular formula is C24H26F6N2O2S. The lowest BCUT2D eigenvalue weighted by atomic mass is 9.96. The first-order chi connectivity index (χ1) is 16.6. The number of aliphatic hydroxyl groups is 1. The van der Waals surface area contributed by atoms with Crippen LogP contribution >= 0.6 is 11.9 Å². The summed E-state index contributed by atoms with van der Waals surface area (Å²) in [6.07, 6.45) is 5.36. The van der Waals surface area contributed by atoms with E-state index in [2.05, 4.69) is 4.72 Å². The van der Waals surface area contributed by atoms with E-state index in [1.165, 1.54) is 35.9 Å². The van der Waals surface area contributed by atoms with Crippen LogP contribution in [0.4, 0.5) is 26.3 Å². The number of nitrogens with zero attached hydrogens (tertiary/aromatic N) is 1. The van der Waals surface area contributed by atoms with Gasteiger partial charge in [0.2, 0.25) is 6.41 Å². The predicted molar refractivity (Wildman–Crippen MR) is 122 cm³/mol. The van der Waals surface area contributed by atoms with E-state index in [1.807, 2.05) is 0 Å². The Balaban J connectivity index is 0.000000497. The van der Waals surface area contributed by atoms with Crippen molar-refractivity contribution in [2.75, 3.05) is 6.54 Å². The molecule has 1 amide bonds. The van der Waals surface area contributed by atoms with Crippen LogP contribution < -0.4 is 4.72 Å². The van der Waals surface area contributed by atoms with Gasteiger partial charge in [0, 0.05) is 36.2 Å². The van der Waals surface area contributed by atoms with Gasteiger partial charge in [-0.1, -0.05) is 31.0 Å². The third-order valence-corrected chi connectivity index (χ3v) is 6.71. The molecule has 0 radical (unpaired) electrons. The number of rotatable bonds is 6. The van der Waals surface area contributed by atoms with Gasteiger partial charge in [-0.3, -0.25) is 9.52 Å². The topological polar surface area (TPSA) is 52.6 Å². The van der Waals surface area contributed by atoms with Gasteiger partial charge in [0.1, 0.15) is 17.5 Å². The number of amides is 1. The number of nitrogens with one attached hydrogen (secondary N) is 1. The van der Waals surface area contributed by atoms with Crippen LogP contribution in [-0.4, -0.2) is 46.7 Å². The Bertz CT molecular complexity index is 980. The van der Waals surface area contributed by atoms with E-state index in [1.54, 1.807) is 0 Å². The maximum Gasteiger partial charge on any atom is 0.456 e. The summed E-state index contributed by atoms with van der Waals surface area (Å²) in [6, 6.07) is 5.53. The third kappa shape index (κ3) is 7.88. The van der Waals surface area contributed by atoms with Gasteiger partial charge in [-0.2, -0.15) is 13.2 Å². The minimum atomic E-state index is -4.49. The second-order valence-corrected chi connectivity index (χ2v) is 9.45. The van der Waals surface area contributed by atoms with Gasteiger partial charge in [-0.05, 0) is 48.9 Å². The molecule has 4 nitrogen and oxygen atoms in total. The summed E-state index contributed by atoms with van der Waals surface area (Å²) in [5.74, 6) is -2.46. The minimum Gasteiger partial charge on any atom is -0.393 e. The van der Waals surface area contributed by atoms with Crippen molar-refractivity contribution in [3.05, 3.63) is 59.4 Å². The Morgan fingerprint density at radius 3 is 2.26 bits per heavy atom. The molecular weight excluding hydrogens is 494 g/mol. The summed E-state index contributed by atoms with van der Waals surface area (Å²) in [5, 5.41) is 8.73. The van der Waals surface area contributed by atoms with Crippen molar-refractivity contribution in [2.24, 2.45) is 0 Å². The van der Waals surface area contributed by atoms with Crippen molar-refractivity contribution in [3.63, 3.8) is 0 Å². The monoisotopic (exact) mass is 520 g/mol. The fourth-order valence-electron chi connectivity index (χ4n) is 4.35. The van der Waals surface area contributed by atoms with Crippen molar-refractivity contribution >= 4 is 18.4 Å². The first-order valence-electron chi connectivity index (χ1n) is 11.2. The van der Waals surface area contributed by atoms with Gasteiger partial charge < -0.3 is 10.0 Å². The second kappa shape index (κ2) is 12.1. The third-order valence-electron chi connectivity index (χ3n) is 6.06. The van der Waals surface area contributed by atoms with E-state index >= 15 is 4.39 Å². The smallest absolute Gasteiger partial charge is 0.393 e. The number of hydrogen-bond acceptors (Lipinski definition) is 4. The zero-order valence-electron chi connectivity index (χ0n) is 18.7. The van der Waals surface area contributed by atoms with Crippen molar-refractivity contribution in [2.45, 2.75) is 62.2 Å². The first kappa shape index (κ1) is 27.3. The molecule has 2 fully saturated rings. The number of halogens is 6. The molecule has 4 rings (SSSR count). The van der Waals surface area contributed by atoms with E-state index in [4.69, 9.17) is 5.11 Å². The summed E-state index contributed by atoms with van der Waals surface area (Å²) in [6.45, 7) is 0.237. The molecule has 1 saturated carbocycles. The molecule has 2 aliphatic rings. The fourth-order valence-corrected chi connectivity index (χ4v) is 4.91. The highest BCUT2D eigenvalue weighted by molar-refractivity contribution is 7.98. The predicted octanol–water partition coefficient (Wildman–Crippen LogP) is 5.59. The number of alkyl halides is 3. The van der Waals surface area contributed by atoms with Crippen LogP contribution in [0.15, 0.2) is 36.4 Å². The molecule has 2 aromatic rings. The van der Waals surface area contributed by atoms with E-state index in [0.717, 1.165) is 25.0 Å². The van der Waals surface area contributed by atoms with Gasteiger partial charge in [-0.25, -0.2) is 13.2 Å². The minimum absolute atomic E-state index is 0.00261. The molecule has 35 heavy (non-hydrogen) atoms. The van der Waals surface area contributed by atoms with Crippen LogP contribution in [0.25, 0.3) is 11.1 Å². The van der Waals surface area contributed by atoms with Crippen molar-refractivity contribution < 1.29 is 36.2 Å². The highest BCUT2D eigenvalue weighted by atomic mass is 32.2. The Morgan fingerprint density at radius 1 is 1.06 bits per heavy atom. The van der Waals surface area contributed by atoms with Crippen LogP contribution in [0.2, 0.25) is 0 Å². The van der Waals surface area contributed by atoms with Crippen LogP contribution in [0.3, 0.4) is 0 Å². The Labute approximate surface area is 203 Å². The number of hydrogen-bond donors (Lipinski definition) is 2. The molecule has 2 unspecified atom stereocenters. The molecule has 1 heterocycles. The summed E-state index contributed by atoms with van der Waals surface area (Å²) in [5.41, 5.74) is -4.39. The molecule has 0 aromatic heterocycles. The van der Waals surface area contributed by atoms with Gasteiger partial charge >= 0.3 is 5.51 Å². The van der Waals surface area contributed by atoms with Gasteiger partial charge in [0.15, 0.2) is 0 Å². The van der Waals surface area contributed by atoms with Crippen LogP contribution in [0.5, 0.6) is 0 Å². The van der Waals surface area contributed by atoms with Crippen molar-refractivity contribution in [1.29, 1.82) is 0 Å². The molecule has 192 valence electrons. The molecule has 2 aromatic carbocycles. The highest BCUT2D eigenvalue weighted by Gasteiger charge is 2.37. The van der Waals surface area contributed by atoms with E-state index < -0.39 is 47.0 Å². The van der Waals surface area contributed by atoms with Gasteiger partial charge in [0.05, 0.1) is 12.1 Å². The lowest BCUT2D eigenvalue weighted by Crippen LogP contribution is -2.42. The number of likely N-dealkylation sites (tertiary alicyclic amines) is 1. The maximum atomic E-state index is 15.1. The summed E-state index contributed by atoms with van der Waals surface area (Å²) >= 11 is -0.405. The van der Waals surface area contributed by atoms with Crippen molar-refractivity contribution in [3.8, 4) is 11.1 Å². The highest BCUT2D eigenvalue weighted by Crippen LogP contribution is 2.32. The van der Waals surface area contributed by atoms with E-state index in [-0.39, 0.29) is 42.2 Å². The molecule has 2 atom stereocenters. The lowest BCUT2D eigenvalue weighted by Gasteiger charge is -2.26. The average molecular weight is 521 g/mol. The normalized spacial score (nSPS) is 20.6. The Kier molecular flexibility index (Phi) is 9.48. The quantitative estimate of drug-likeness (QED) is 0.296. The van der Waals surface area contributed by atoms with E-state index in [0.29, 0.717) is 12.5 Å². The van der Waals surface area contributed by atoms with Gasteiger partial charge in [-0.15, -0.1) is 0 Å². The molecule has 1 saturated heterocycles. The zero-order chi connectivity index (χ0) is 25.6. The zero-order valence-corrected chi connectivity index (χ0v) is 19.5. The maximum absolute atomic E-state index is 15.1. The number of benzene rings is 2. The standard InChI is InChI=1S/C19H16F6N2OS.C5H10O/c20-13-6-12(7-14(21)9-13)15-3-1-2-11(18(15)22)8-17-16(4-5-27(17)10-28)26-29-19(23,24)25;6-5-3-1-2-4-5/h1-3,6-7,9-10,16-17,26H,4-5,8H2;5-6H,1-4H2. The first-order valence-corrected chi connectivity index (χ1v) is 12.0. The number of carbonyl (C=O) groups is 1. The summed E-state index contributed by atoms with van der Waals surface area (Å²) in [4.78, 5) is 12.6. The molecule has 0 spiro atoms. The molecule has 0 bridgehead atoms. The van der Waals surface area contributed by atoms with Gasteiger partial charge in [0.25, 0.3) is 0 Å². The molecule has 1 aliphatic heterocycles. The summed E-state index contributed by atoms with van der Waals surface area (Å²) in [7, 11) is 0. The average Bonchev–Trinajstić information content (AvgIpc) is 3.41. The lowest BCUT2D eigenvalue weighted by molar-refractivity contribution is -0.118.